The largest absolute Gasteiger partial charge is 0.497 e. The quantitative estimate of drug-likeness (QED) is 0.514. The van der Waals surface area contributed by atoms with Crippen molar-refractivity contribution in [2.75, 3.05) is 21.3 Å². The van der Waals surface area contributed by atoms with E-state index in [0.29, 0.717) is 22.8 Å². The third-order valence-electron chi connectivity index (χ3n) is 5.89. The molecule has 35 heavy (non-hydrogen) atoms. The van der Waals surface area contributed by atoms with Crippen LogP contribution >= 0.6 is 0 Å². The molecule has 0 saturated carbocycles. The molecule has 1 aliphatic heterocycles. The molecule has 8 heteroatoms. The Morgan fingerprint density at radius 1 is 0.914 bits per heavy atom. The Hall–Kier alpha value is -4.33. The van der Waals surface area contributed by atoms with Crippen molar-refractivity contribution in [3.63, 3.8) is 0 Å². The first-order valence-electron chi connectivity index (χ1n) is 11.1. The summed E-state index contributed by atoms with van der Waals surface area (Å²) in [4.78, 5) is 26.1. The monoisotopic (exact) mass is 474 g/mol. The minimum absolute atomic E-state index is 0.311. The van der Waals surface area contributed by atoms with Gasteiger partial charge in [-0.05, 0) is 49.4 Å². The molecule has 2 atom stereocenters. The Balaban J connectivity index is 1.69. The second-order valence-electron chi connectivity index (χ2n) is 8.16. The third-order valence-corrected chi connectivity index (χ3v) is 5.89. The van der Waals surface area contributed by atoms with Crippen molar-refractivity contribution in [1.29, 1.82) is 0 Å². The van der Waals surface area contributed by atoms with E-state index in [1.165, 1.54) is 0 Å². The summed E-state index contributed by atoms with van der Waals surface area (Å²) < 4.78 is 17.6. The number of hydrazine groups is 1. The van der Waals surface area contributed by atoms with Gasteiger partial charge in [-0.15, -0.1) is 10.1 Å². The van der Waals surface area contributed by atoms with Crippen molar-refractivity contribution in [3.8, 4) is 17.2 Å². The average Bonchev–Trinajstić information content (AvgIpc) is 3.18. The number of ether oxygens (including phenoxy) is 3. The molecule has 0 aliphatic carbocycles. The van der Waals surface area contributed by atoms with Crippen LogP contribution < -0.4 is 25.0 Å². The molecule has 0 aromatic heterocycles. The fraction of sp³-hybridized carbons (Fsp3) is 0.222. The molecule has 0 spiro atoms. The van der Waals surface area contributed by atoms with Gasteiger partial charge in [0, 0.05) is 16.7 Å². The number of hydrogen-bond donors (Lipinski definition) is 2. The number of benzene rings is 3. The zero-order valence-electron chi connectivity index (χ0n) is 20.1. The van der Waals surface area contributed by atoms with E-state index in [1.54, 1.807) is 56.3 Å². The number of nitrogens with zero attached hydrogens (tertiary/aromatic N) is 1. The number of nitrogens with one attached hydrogen (secondary N) is 2. The van der Waals surface area contributed by atoms with Crippen LogP contribution in [0.1, 0.15) is 33.1 Å². The third kappa shape index (κ3) is 5.11. The van der Waals surface area contributed by atoms with Crippen LogP contribution in [-0.2, 0) is 4.79 Å². The van der Waals surface area contributed by atoms with E-state index in [9.17, 15) is 9.59 Å². The molecule has 180 valence electrons. The fourth-order valence-corrected chi connectivity index (χ4v) is 4.00. The van der Waals surface area contributed by atoms with Crippen LogP contribution in [0, 0.1) is 6.92 Å². The van der Waals surface area contributed by atoms with Gasteiger partial charge in [0.2, 0.25) is 12.3 Å². The molecule has 1 fully saturated rings. The van der Waals surface area contributed by atoms with Crippen LogP contribution in [-0.4, -0.2) is 50.1 Å². The highest BCUT2D eigenvalue weighted by Gasteiger charge is 2.47. The van der Waals surface area contributed by atoms with Crippen LogP contribution in [0.2, 0.25) is 0 Å². The predicted molar refractivity (Wildman–Crippen MR) is 131 cm³/mol. The highest BCUT2D eigenvalue weighted by atomic mass is 16.5. The van der Waals surface area contributed by atoms with Crippen molar-refractivity contribution in [1.82, 2.24) is 10.7 Å². The lowest BCUT2D eigenvalue weighted by Crippen LogP contribution is -2.42. The molecule has 1 heterocycles. The summed E-state index contributed by atoms with van der Waals surface area (Å²) in [6.07, 6.45) is 1.81. The Labute approximate surface area is 204 Å². The normalized spacial score (nSPS) is 18.2. The first-order valence-corrected chi connectivity index (χ1v) is 11.1. The molecular weight excluding hydrogens is 446 g/mol. The molecule has 1 saturated heterocycles. The Bertz CT molecular complexity index is 1250. The number of hydrazone groups is 1. The average molecular weight is 475 g/mol. The summed E-state index contributed by atoms with van der Waals surface area (Å²) in [6, 6.07) is 18.8. The minimum atomic E-state index is -0.816. The van der Waals surface area contributed by atoms with E-state index < -0.39 is 12.1 Å². The van der Waals surface area contributed by atoms with Gasteiger partial charge in [0.1, 0.15) is 5.75 Å². The van der Waals surface area contributed by atoms with Crippen LogP contribution in [0.25, 0.3) is 0 Å². The fourth-order valence-electron chi connectivity index (χ4n) is 4.00. The van der Waals surface area contributed by atoms with Gasteiger partial charge < -0.3 is 19.5 Å². The van der Waals surface area contributed by atoms with Crippen LogP contribution in [0.3, 0.4) is 0 Å². The summed E-state index contributed by atoms with van der Waals surface area (Å²) in [5.41, 5.74) is 6.09. The number of rotatable bonds is 7. The Morgan fingerprint density at radius 3 is 2.23 bits per heavy atom. The minimum Gasteiger partial charge on any atom is -0.497 e. The topological polar surface area (TPSA) is 88.9 Å². The van der Waals surface area contributed by atoms with E-state index >= 15 is 0 Å². The summed E-state index contributed by atoms with van der Waals surface area (Å²) in [6.45, 7) is 2.00. The number of carbonyl (C=O) groups excluding carboxylic acids is 2. The second kappa shape index (κ2) is 10.3. The van der Waals surface area contributed by atoms with Gasteiger partial charge in [-0.2, -0.15) is 0 Å². The number of hydrogen-bond acceptors (Lipinski definition) is 5. The van der Waals surface area contributed by atoms with E-state index in [2.05, 4.69) is 10.7 Å². The number of methoxy groups -OCH3 is 3. The van der Waals surface area contributed by atoms with Crippen molar-refractivity contribution >= 4 is 18.0 Å². The van der Waals surface area contributed by atoms with Crippen molar-refractivity contribution in [2.45, 2.75) is 19.0 Å². The summed E-state index contributed by atoms with van der Waals surface area (Å²) in [5, 5.41) is 2.90. The van der Waals surface area contributed by atoms with Gasteiger partial charge >= 0.3 is 5.91 Å². The molecular formula is C27H28N3O5+. The molecule has 8 nitrogen and oxygen atoms in total. The number of aryl methyl sites for hydroxylation is 1. The molecule has 1 aliphatic rings. The molecule has 3 aromatic carbocycles. The van der Waals surface area contributed by atoms with E-state index in [0.717, 1.165) is 16.7 Å². The highest BCUT2D eigenvalue weighted by Crippen LogP contribution is 2.29. The maximum atomic E-state index is 13.1. The van der Waals surface area contributed by atoms with Gasteiger partial charge in [0.25, 0.3) is 5.91 Å². The summed E-state index contributed by atoms with van der Waals surface area (Å²) in [5.74, 6) is 1.17. The maximum absolute atomic E-state index is 13.1. The van der Waals surface area contributed by atoms with Gasteiger partial charge in [-0.3, -0.25) is 9.59 Å². The maximum Gasteiger partial charge on any atom is 0.304 e. The van der Waals surface area contributed by atoms with Crippen molar-refractivity contribution in [2.24, 2.45) is 0 Å². The van der Waals surface area contributed by atoms with Crippen LogP contribution in [0.4, 0.5) is 0 Å². The lowest BCUT2D eigenvalue weighted by Gasteiger charge is -2.15. The molecule has 0 bridgehead atoms. The number of carbonyl (C=O) groups is 2. The first kappa shape index (κ1) is 23.8. The molecule has 3 aromatic rings. The van der Waals surface area contributed by atoms with Crippen LogP contribution in [0.15, 0.2) is 66.7 Å². The SMILES string of the molecule is COc1ccc(C(=O)N[C@@H]2C(=O)N/[N+](=C\c3ccc(OC)c(OC)c3)[C@@H]2c2ccc(C)cc2)cc1. The second-order valence-corrected chi connectivity index (χ2v) is 8.16. The molecule has 2 amide bonds. The van der Waals surface area contributed by atoms with E-state index in [4.69, 9.17) is 14.2 Å². The van der Waals surface area contributed by atoms with Crippen molar-refractivity contribution < 1.29 is 28.5 Å². The lowest BCUT2D eigenvalue weighted by molar-refractivity contribution is -0.596. The lowest BCUT2D eigenvalue weighted by atomic mass is 9.98. The smallest absolute Gasteiger partial charge is 0.304 e. The Morgan fingerprint density at radius 2 is 1.60 bits per heavy atom. The van der Waals surface area contributed by atoms with Gasteiger partial charge in [-0.25, -0.2) is 0 Å². The van der Waals surface area contributed by atoms with Gasteiger partial charge in [-0.1, -0.05) is 29.8 Å². The van der Waals surface area contributed by atoms with Gasteiger partial charge in [0.05, 0.1) is 21.3 Å². The van der Waals surface area contributed by atoms with Crippen LogP contribution in [0.5, 0.6) is 17.2 Å². The summed E-state index contributed by atoms with van der Waals surface area (Å²) in [7, 11) is 4.71. The van der Waals surface area contributed by atoms with E-state index in [-0.39, 0.29) is 11.8 Å². The standard InChI is InChI=1S/C27H27N3O5/c1-17-5-8-19(9-6-17)25-24(28-26(31)20-10-12-21(33-2)13-11-20)27(32)29-30(25)16-18-7-14-22(34-3)23(15-18)35-4/h5-16,24-25H,1-4H3,(H-,28,29,31,32)/p+1/b30-16-/t24-,25+/m0/s1. The molecule has 4 rings (SSSR count). The molecule has 2 N–H and O–H groups in total. The first-order chi connectivity index (χ1) is 16.9. The molecule has 0 radical (unpaired) electrons. The predicted octanol–water partition coefficient (Wildman–Crippen LogP) is 3.04. The van der Waals surface area contributed by atoms with Crippen molar-refractivity contribution in [3.05, 3.63) is 89.0 Å². The summed E-state index contributed by atoms with van der Waals surface area (Å²) >= 11 is 0. The highest BCUT2D eigenvalue weighted by molar-refractivity contribution is 5.98. The Kier molecular flexibility index (Phi) is 7.01. The van der Waals surface area contributed by atoms with E-state index in [1.807, 2.05) is 49.5 Å². The molecule has 0 unspecified atom stereocenters. The number of amides is 2. The zero-order chi connectivity index (χ0) is 24.9. The van der Waals surface area contributed by atoms with Gasteiger partial charge in [0.15, 0.2) is 17.5 Å². The zero-order valence-corrected chi connectivity index (χ0v) is 20.1.